The average molecular weight is 481 g/mol. The molecular formula is C25H25BrN2OS. The topological polar surface area (TPSA) is 15.7 Å². The molecule has 0 amide bonds. The molecule has 1 fully saturated rings. The van der Waals surface area contributed by atoms with E-state index >= 15 is 0 Å². The molecule has 0 spiro atoms. The molecule has 3 aromatic rings. The summed E-state index contributed by atoms with van der Waals surface area (Å²) in [6.45, 7) is 5.56. The molecule has 0 radical (unpaired) electrons. The van der Waals surface area contributed by atoms with Crippen molar-refractivity contribution in [1.82, 2.24) is 9.80 Å². The van der Waals surface area contributed by atoms with E-state index in [9.17, 15) is 0 Å². The highest BCUT2D eigenvalue weighted by molar-refractivity contribution is 9.10. The Morgan fingerprint density at radius 2 is 1.47 bits per heavy atom. The normalized spacial score (nSPS) is 14.5. The number of nitrogens with zero attached hydrogens (tertiary/aromatic N) is 2. The lowest BCUT2D eigenvalue weighted by Gasteiger charge is -2.36. The van der Waals surface area contributed by atoms with Crippen LogP contribution < -0.4 is 4.74 Å². The second-order valence-electron chi connectivity index (χ2n) is 7.49. The number of hydrogen-bond acceptors (Lipinski definition) is 3. The van der Waals surface area contributed by atoms with Crippen LogP contribution in [0.5, 0.6) is 5.75 Å². The van der Waals surface area contributed by atoms with E-state index in [0.29, 0.717) is 6.61 Å². The second kappa shape index (κ2) is 10.2. The summed E-state index contributed by atoms with van der Waals surface area (Å²) in [7, 11) is 0. The summed E-state index contributed by atoms with van der Waals surface area (Å²) in [5.41, 5.74) is 3.59. The Hall–Kier alpha value is -2.21. The summed E-state index contributed by atoms with van der Waals surface area (Å²) < 4.78 is 6.98. The molecule has 30 heavy (non-hydrogen) atoms. The van der Waals surface area contributed by atoms with Gasteiger partial charge >= 0.3 is 0 Å². The summed E-state index contributed by atoms with van der Waals surface area (Å²) in [6, 6.07) is 27.0. The van der Waals surface area contributed by atoms with Gasteiger partial charge in [0.2, 0.25) is 0 Å². The molecule has 3 nitrogen and oxygen atoms in total. The van der Waals surface area contributed by atoms with Crippen LogP contribution in [0.2, 0.25) is 0 Å². The molecule has 0 bridgehead atoms. The van der Waals surface area contributed by atoms with E-state index in [2.05, 4.69) is 80.3 Å². The molecule has 0 N–H and O–H groups in total. The first-order valence-electron chi connectivity index (χ1n) is 10.2. The van der Waals surface area contributed by atoms with E-state index in [4.69, 9.17) is 17.0 Å². The van der Waals surface area contributed by atoms with Crippen LogP contribution in [0.4, 0.5) is 0 Å². The quantitative estimate of drug-likeness (QED) is 0.431. The van der Waals surface area contributed by atoms with Gasteiger partial charge in [0, 0.05) is 42.8 Å². The summed E-state index contributed by atoms with van der Waals surface area (Å²) in [5.74, 6) is 0.858. The Balaban J connectivity index is 1.27. The third-order valence-electron chi connectivity index (χ3n) is 5.33. The van der Waals surface area contributed by atoms with E-state index in [0.717, 1.165) is 59.1 Å². The minimum atomic E-state index is 0.556. The molecule has 0 aromatic heterocycles. The standard InChI is InChI=1S/C25H25BrN2OS/c26-23-10-6-21(7-11-23)19-29-24-12-8-22(9-13-24)25(30)28-16-14-27(15-17-28)18-20-4-2-1-3-5-20/h1-13H,14-19H2. The maximum Gasteiger partial charge on any atom is 0.119 e. The lowest BCUT2D eigenvalue weighted by atomic mass is 10.1. The van der Waals surface area contributed by atoms with Gasteiger partial charge in [-0.3, -0.25) is 4.90 Å². The van der Waals surface area contributed by atoms with Gasteiger partial charge in [-0.1, -0.05) is 70.6 Å². The van der Waals surface area contributed by atoms with Gasteiger partial charge in [-0.15, -0.1) is 0 Å². The SMILES string of the molecule is S=C(c1ccc(OCc2ccc(Br)cc2)cc1)N1CCN(Cc2ccccc2)CC1. The van der Waals surface area contributed by atoms with Crippen LogP contribution in [0, 0.1) is 0 Å². The first kappa shape index (κ1) is 21.0. The van der Waals surface area contributed by atoms with E-state index in [1.807, 2.05) is 24.3 Å². The fourth-order valence-electron chi connectivity index (χ4n) is 3.57. The second-order valence-corrected chi connectivity index (χ2v) is 8.80. The lowest BCUT2D eigenvalue weighted by Crippen LogP contribution is -2.47. The molecule has 3 aromatic carbocycles. The van der Waals surface area contributed by atoms with Crippen molar-refractivity contribution in [3.63, 3.8) is 0 Å². The van der Waals surface area contributed by atoms with Crippen LogP contribution in [0.3, 0.4) is 0 Å². The monoisotopic (exact) mass is 480 g/mol. The molecule has 1 aliphatic heterocycles. The fraction of sp³-hybridized carbons (Fsp3) is 0.240. The summed E-state index contributed by atoms with van der Waals surface area (Å²) in [4.78, 5) is 5.73. The van der Waals surface area contributed by atoms with Gasteiger partial charge in [0.15, 0.2) is 0 Å². The van der Waals surface area contributed by atoms with Crippen LogP contribution in [-0.4, -0.2) is 41.0 Å². The van der Waals surface area contributed by atoms with Gasteiger partial charge in [0.05, 0.1) is 0 Å². The van der Waals surface area contributed by atoms with Crippen LogP contribution >= 0.6 is 28.1 Å². The molecule has 154 valence electrons. The highest BCUT2D eigenvalue weighted by atomic mass is 79.9. The number of benzene rings is 3. The summed E-state index contributed by atoms with van der Waals surface area (Å²) in [6.07, 6.45) is 0. The van der Waals surface area contributed by atoms with Crippen molar-refractivity contribution < 1.29 is 4.74 Å². The van der Waals surface area contributed by atoms with Gasteiger partial charge in [-0.05, 0) is 47.5 Å². The smallest absolute Gasteiger partial charge is 0.119 e. The van der Waals surface area contributed by atoms with Crippen molar-refractivity contribution in [2.75, 3.05) is 26.2 Å². The Labute approximate surface area is 192 Å². The van der Waals surface area contributed by atoms with Crippen molar-refractivity contribution in [2.45, 2.75) is 13.2 Å². The molecule has 0 atom stereocenters. The number of ether oxygens (including phenoxy) is 1. The summed E-state index contributed by atoms with van der Waals surface area (Å²) in [5, 5.41) is 0. The number of halogens is 1. The number of hydrogen-bond donors (Lipinski definition) is 0. The van der Waals surface area contributed by atoms with E-state index in [-0.39, 0.29) is 0 Å². The van der Waals surface area contributed by atoms with Crippen molar-refractivity contribution >= 4 is 33.1 Å². The average Bonchev–Trinajstić information content (AvgIpc) is 2.80. The highest BCUT2D eigenvalue weighted by Crippen LogP contribution is 2.18. The molecule has 0 unspecified atom stereocenters. The largest absolute Gasteiger partial charge is 0.489 e. The molecule has 0 aliphatic carbocycles. The zero-order chi connectivity index (χ0) is 20.8. The molecule has 1 aliphatic rings. The summed E-state index contributed by atoms with van der Waals surface area (Å²) >= 11 is 9.22. The Bertz CT molecular complexity index is 953. The first-order chi connectivity index (χ1) is 14.7. The zero-order valence-electron chi connectivity index (χ0n) is 16.8. The van der Waals surface area contributed by atoms with Crippen molar-refractivity contribution in [3.8, 4) is 5.75 Å². The number of thiocarbonyl (C=S) groups is 1. The van der Waals surface area contributed by atoms with Crippen LogP contribution in [0.1, 0.15) is 16.7 Å². The Kier molecular flexibility index (Phi) is 7.16. The highest BCUT2D eigenvalue weighted by Gasteiger charge is 2.19. The van der Waals surface area contributed by atoms with Gasteiger partial charge in [0.1, 0.15) is 17.3 Å². The molecule has 4 rings (SSSR count). The maximum atomic E-state index is 5.90. The minimum Gasteiger partial charge on any atom is -0.489 e. The number of piperazine rings is 1. The predicted octanol–water partition coefficient (Wildman–Crippen LogP) is 5.52. The molecule has 5 heteroatoms. The third-order valence-corrected chi connectivity index (χ3v) is 6.35. The predicted molar refractivity (Wildman–Crippen MR) is 130 cm³/mol. The maximum absolute atomic E-state index is 5.90. The Morgan fingerprint density at radius 3 is 2.13 bits per heavy atom. The van der Waals surface area contributed by atoms with Crippen molar-refractivity contribution in [2.24, 2.45) is 0 Å². The fourth-order valence-corrected chi connectivity index (χ4v) is 4.16. The van der Waals surface area contributed by atoms with E-state index < -0.39 is 0 Å². The minimum absolute atomic E-state index is 0.556. The van der Waals surface area contributed by atoms with Crippen LogP contribution in [-0.2, 0) is 13.2 Å². The van der Waals surface area contributed by atoms with E-state index in [1.165, 1.54) is 5.56 Å². The van der Waals surface area contributed by atoms with Crippen molar-refractivity contribution in [3.05, 3.63) is 100 Å². The van der Waals surface area contributed by atoms with E-state index in [1.54, 1.807) is 0 Å². The van der Waals surface area contributed by atoms with Gasteiger partial charge in [-0.25, -0.2) is 0 Å². The zero-order valence-corrected chi connectivity index (χ0v) is 19.2. The molecular weight excluding hydrogens is 456 g/mol. The van der Waals surface area contributed by atoms with Crippen LogP contribution in [0.25, 0.3) is 0 Å². The molecule has 0 saturated carbocycles. The number of rotatable bonds is 6. The van der Waals surface area contributed by atoms with Gasteiger partial charge < -0.3 is 9.64 Å². The molecule has 1 saturated heterocycles. The molecule has 1 heterocycles. The first-order valence-corrected chi connectivity index (χ1v) is 11.4. The third kappa shape index (κ3) is 5.69. The van der Waals surface area contributed by atoms with Crippen molar-refractivity contribution in [1.29, 1.82) is 0 Å². The lowest BCUT2D eigenvalue weighted by molar-refractivity contribution is 0.177. The Morgan fingerprint density at radius 1 is 0.800 bits per heavy atom. The van der Waals surface area contributed by atoms with Gasteiger partial charge in [0.25, 0.3) is 0 Å². The van der Waals surface area contributed by atoms with Gasteiger partial charge in [-0.2, -0.15) is 0 Å². The van der Waals surface area contributed by atoms with Crippen LogP contribution in [0.15, 0.2) is 83.3 Å².